The van der Waals surface area contributed by atoms with Gasteiger partial charge in [0.15, 0.2) is 0 Å². The number of amides is 1. The summed E-state index contributed by atoms with van der Waals surface area (Å²) in [6.07, 6.45) is 1.55. The predicted molar refractivity (Wildman–Crippen MR) is 109 cm³/mol. The van der Waals surface area contributed by atoms with E-state index in [4.69, 9.17) is 23.2 Å². The Morgan fingerprint density at radius 2 is 1.81 bits per heavy atom. The van der Waals surface area contributed by atoms with Crippen molar-refractivity contribution in [2.75, 3.05) is 23.3 Å². The van der Waals surface area contributed by atoms with Crippen LogP contribution in [0, 0.1) is 11.3 Å². The highest BCUT2D eigenvalue weighted by Gasteiger charge is 2.12. The van der Waals surface area contributed by atoms with Crippen LogP contribution >= 0.6 is 23.2 Å². The molecule has 0 unspecified atom stereocenters. The summed E-state index contributed by atoms with van der Waals surface area (Å²) in [5, 5.41) is 12.7. The second-order valence-corrected chi connectivity index (χ2v) is 6.36. The van der Waals surface area contributed by atoms with Gasteiger partial charge in [-0.25, -0.2) is 0 Å². The molecule has 0 aliphatic carbocycles. The fraction of sp³-hybridized carbons (Fsp3) is 0.200. The number of hydrogen-bond acceptors (Lipinski definition) is 3. The van der Waals surface area contributed by atoms with E-state index in [1.165, 1.54) is 6.07 Å². The lowest BCUT2D eigenvalue weighted by Gasteiger charge is -2.20. The highest BCUT2D eigenvalue weighted by atomic mass is 35.5. The molecular formula is C20H19Cl2N3O. The molecular weight excluding hydrogens is 369 g/mol. The normalized spacial score (nSPS) is 11.0. The molecule has 134 valence electrons. The number of hydrogen-bond donors (Lipinski definition) is 1. The average molecular weight is 388 g/mol. The van der Waals surface area contributed by atoms with Crippen LogP contribution in [0.25, 0.3) is 6.08 Å². The Bertz CT molecular complexity index is 850. The number of carbonyl (C=O) groups is 1. The van der Waals surface area contributed by atoms with Gasteiger partial charge in [-0.15, -0.1) is 0 Å². The summed E-state index contributed by atoms with van der Waals surface area (Å²) < 4.78 is 0. The van der Waals surface area contributed by atoms with E-state index < -0.39 is 5.91 Å². The molecule has 1 amide bonds. The number of rotatable bonds is 6. The molecule has 0 spiro atoms. The number of benzene rings is 2. The third-order valence-corrected chi connectivity index (χ3v) is 4.42. The fourth-order valence-corrected chi connectivity index (χ4v) is 2.92. The molecule has 0 radical (unpaired) electrons. The molecule has 0 saturated heterocycles. The van der Waals surface area contributed by atoms with E-state index in [1.807, 2.05) is 30.3 Å². The Balaban J connectivity index is 2.19. The number of anilines is 2. The second-order valence-electron chi connectivity index (χ2n) is 5.51. The summed E-state index contributed by atoms with van der Waals surface area (Å²) in [6.45, 7) is 6.02. The zero-order chi connectivity index (χ0) is 19.1. The minimum absolute atomic E-state index is 0.00777. The van der Waals surface area contributed by atoms with Gasteiger partial charge in [-0.1, -0.05) is 35.3 Å². The lowest BCUT2D eigenvalue weighted by atomic mass is 10.1. The van der Waals surface area contributed by atoms with E-state index in [2.05, 4.69) is 24.1 Å². The molecule has 1 N–H and O–H groups in total. The second kappa shape index (κ2) is 9.28. The van der Waals surface area contributed by atoms with Crippen LogP contribution in [0.15, 0.2) is 48.0 Å². The van der Waals surface area contributed by atoms with E-state index in [9.17, 15) is 10.1 Å². The van der Waals surface area contributed by atoms with Crippen molar-refractivity contribution in [3.63, 3.8) is 0 Å². The molecule has 2 rings (SSSR count). The van der Waals surface area contributed by atoms with Gasteiger partial charge in [0.2, 0.25) is 0 Å². The first kappa shape index (κ1) is 19.8. The van der Waals surface area contributed by atoms with Crippen molar-refractivity contribution >= 4 is 46.6 Å². The van der Waals surface area contributed by atoms with Crippen LogP contribution in [0.3, 0.4) is 0 Å². The van der Waals surface area contributed by atoms with E-state index >= 15 is 0 Å². The molecule has 4 nitrogen and oxygen atoms in total. The Morgan fingerprint density at radius 1 is 1.15 bits per heavy atom. The maximum absolute atomic E-state index is 12.4. The van der Waals surface area contributed by atoms with Crippen LogP contribution in [0.5, 0.6) is 0 Å². The van der Waals surface area contributed by atoms with Gasteiger partial charge in [0, 0.05) is 23.8 Å². The molecule has 0 aliphatic heterocycles. The van der Waals surface area contributed by atoms with Crippen LogP contribution in [-0.2, 0) is 4.79 Å². The molecule has 0 saturated carbocycles. The minimum Gasteiger partial charge on any atom is -0.372 e. The molecule has 2 aromatic carbocycles. The Labute approximate surface area is 163 Å². The SMILES string of the molecule is CCN(CC)c1ccc(/C=C(/C#N)C(=O)Nc2ccc(Cl)cc2Cl)cc1. The summed E-state index contributed by atoms with van der Waals surface area (Å²) in [7, 11) is 0. The highest BCUT2D eigenvalue weighted by Crippen LogP contribution is 2.26. The largest absolute Gasteiger partial charge is 0.372 e. The van der Waals surface area contributed by atoms with Gasteiger partial charge < -0.3 is 10.2 Å². The van der Waals surface area contributed by atoms with Gasteiger partial charge >= 0.3 is 0 Å². The number of nitrogens with one attached hydrogen (secondary N) is 1. The van der Waals surface area contributed by atoms with Gasteiger partial charge in [0.25, 0.3) is 5.91 Å². The lowest BCUT2D eigenvalue weighted by molar-refractivity contribution is -0.112. The van der Waals surface area contributed by atoms with Gasteiger partial charge in [0.1, 0.15) is 11.6 Å². The van der Waals surface area contributed by atoms with Crippen molar-refractivity contribution in [3.8, 4) is 6.07 Å². The number of halogens is 2. The van der Waals surface area contributed by atoms with Gasteiger partial charge in [-0.05, 0) is 55.8 Å². The maximum atomic E-state index is 12.4. The summed E-state index contributed by atoms with van der Waals surface area (Å²) in [5.74, 6) is -0.524. The first-order valence-electron chi connectivity index (χ1n) is 8.21. The topological polar surface area (TPSA) is 56.1 Å². The lowest BCUT2D eigenvalue weighted by Crippen LogP contribution is -2.21. The Hall–Kier alpha value is -2.48. The standard InChI is InChI=1S/C20H19Cl2N3O/c1-3-25(4-2)17-8-5-14(6-9-17)11-15(13-23)20(26)24-19-10-7-16(21)12-18(19)22/h5-12H,3-4H2,1-2H3,(H,24,26)/b15-11-. The molecule has 2 aromatic rings. The summed E-state index contributed by atoms with van der Waals surface area (Å²) >= 11 is 11.9. The van der Waals surface area contributed by atoms with Crippen molar-refractivity contribution in [3.05, 3.63) is 63.6 Å². The molecule has 0 bridgehead atoms. The van der Waals surface area contributed by atoms with Crippen molar-refractivity contribution in [1.29, 1.82) is 5.26 Å². The van der Waals surface area contributed by atoms with E-state index in [-0.39, 0.29) is 5.57 Å². The molecule has 0 fully saturated rings. The van der Waals surface area contributed by atoms with Crippen LogP contribution in [0.2, 0.25) is 10.0 Å². The predicted octanol–water partition coefficient (Wildman–Crippen LogP) is 5.39. The highest BCUT2D eigenvalue weighted by molar-refractivity contribution is 6.36. The first-order chi connectivity index (χ1) is 12.5. The van der Waals surface area contributed by atoms with Crippen LogP contribution < -0.4 is 10.2 Å². The van der Waals surface area contributed by atoms with Crippen LogP contribution in [0.4, 0.5) is 11.4 Å². The Morgan fingerprint density at radius 3 is 2.35 bits per heavy atom. The zero-order valence-electron chi connectivity index (χ0n) is 14.6. The number of nitriles is 1. The number of nitrogens with zero attached hydrogens (tertiary/aromatic N) is 2. The molecule has 0 atom stereocenters. The van der Waals surface area contributed by atoms with Crippen molar-refractivity contribution in [1.82, 2.24) is 0 Å². The molecule has 6 heteroatoms. The summed E-state index contributed by atoms with van der Waals surface area (Å²) in [5.41, 5.74) is 2.27. The summed E-state index contributed by atoms with van der Waals surface area (Å²) in [4.78, 5) is 14.6. The van der Waals surface area contributed by atoms with Gasteiger partial charge in [-0.3, -0.25) is 4.79 Å². The third kappa shape index (κ3) is 5.01. The monoisotopic (exact) mass is 387 g/mol. The first-order valence-corrected chi connectivity index (χ1v) is 8.97. The third-order valence-electron chi connectivity index (χ3n) is 3.88. The van der Waals surface area contributed by atoms with Crippen molar-refractivity contribution < 1.29 is 4.79 Å². The fourth-order valence-electron chi connectivity index (χ4n) is 2.47. The van der Waals surface area contributed by atoms with E-state index in [0.29, 0.717) is 15.7 Å². The van der Waals surface area contributed by atoms with Crippen molar-refractivity contribution in [2.24, 2.45) is 0 Å². The van der Waals surface area contributed by atoms with Gasteiger partial charge in [0.05, 0.1) is 10.7 Å². The maximum Gasteiger partial charge on any atom is 0.266 e. The molecule has 0 aromatic heterocycles. The quantitative estimate of drug-likeness (QED) is 0.534. The molecule has 0 aliphatic rings. The zero-order valence-corrected chi connectivity index (χ0v) is 16.1. The summed E-state index contributed by atoms with van der Waals surface area (Å²) in [6, 6.07) is 14.4. The molecule has 26 heavy (non-hydrogen) atoms. The smallest absolute Gasteiger partial charge is 0.266 e. The number of carbonyl (C=O) groups excluding carboxylic acids is 1. The van der Waals surface area contributed by atoms with E-state index in [0.717, 1.165) is 24.3 Å². The van der Waals surface area contributed by atoms with Crippen LogP contribution in [-0.4, -0.2) is 19.0 Å². The van der Waals surface area contributed by atoms with Crippen LogP contribution in [0.1, 0.15) is 19.4 Å². The van der Waals surface area contributed by atoms with Crippen molar-refractivity contribution in [2.45, 2.75) is 13.8 Å². The Kier molecular flexibility index (Phi) is 7.08. The average Bonchev–Trinajstić information content (AvgIpc) is 2.64. The minimum atomic E-state index is -0.524. The van der Waals surface area contributed by atoms with E-state index in [1.54, 1.807) is 18.2 Å². The molecule has 0 heterocycles. The van der Waals surface area contributed by atoms with Gasteiger partial charge in [-0.2, -0.15) is 5.26 Å².